The van der Waals surface area contributed by atoms with Crippen molar-refractivity contribution in [1.82, 2.24) is 5.32 Å². The molecule has 11 nitrogen and oxygen atoms in total. The van der Waals surface area contributed by atoms with Crippen molar-refractivity contribution in [2.75, 3.05) is 13.2 Å². The van der Waals surface area contributed by atoms with Crippen molar-refractivity contribution in [2.45, 2.75) is 352 Å². The Bertz CT molecular complexity index is 1610. The highest BCUT2D eigenvalue weighted by molar-refractivity contribution is 5.80. The number of aliphatic hydroxyl groups is 5. The third-order valence-electron chi connectivity index (χ3n) is 15.9. The topological polar surface area (TPSA) is 175 Å². The Labute approximate surface area is 502 Å². The van der Waals surface area contributed by atoms with E-state index >= 15 is 0 Å². The van der Waals surface area contributed by atoms with Gasteiger partial charge >= 0.3 is 5.97 Å². The predicted octanol–water partition coefficient (Wildman–Crippen LogP) is 17.1. The molecule has 8 atom stereocenters. The van der Waals surface area contributed by atoms with Gasteiger partial charge in [-0.05, 0) is 89.9 Å². The minimum absolute atomic E-state index is 0.120. The highest BCUT2D eigenvalue weighted by Crippen LogP contribution is 2.26. The van der Waals surface area contributed by atoms with Crippen LogP contribution in [0.1, 0.15) is 303 Å². The zero-order valence-corrected chi connectivity index (χ0v) is 52.9. The number of esters is 1. The molecule has 0 saturated carbocycles. The zero-order valence-electron chi connectivity index (χ0n) is 52.9. The van der Waals surface area contributed by atoms with Crippen LogP contribution >= 0.6 is 0 Å². The van der Waals surface area contributed by atoms with Gasteiger partial charge in [-0.25, -0.2) is 0 Å². The highest BCUT2D eigenvalue weighted by Gasteiger charge is 2.47. The lowest BCUT2D eigenvalue weighted by atomic mass is 9.99. The fraction of sp³-hybridized carbons (Fsp3) is 0.803. The second-order valence-corrected chi connectivity index (χ2v) is 23.6. The van der Waals surface area contributed by atoms with Gasteiger partial charge in [0, 0.05) is 6.42 Å². The lowest BCUT2D eigenvalue weighted by molar-refractivity contribution is -0.305. The number of hydrogen-bond donors (Lipinski definition) is 6. The lowest BCUT2D eigenvalue weighted by Crippen LogP contribution is -2.61. The van der Waals surface area contributed by atoms with Gasteiger partial charge in [-0.1, -0.05) is 280 Å². The molecule has 11 heteroatoms. The van der Waals surface area contributed by atoms with E-state index in [9.17, 15) is 35.1 Å². The minimum atomic E-state index is -1.62. The second-order valence-electron chi connectivity index (χ2n) is 23.6. The largest absolute Gasteiger partial charge is 0.454 e. The summed E-state index contributed by atoms with van der Waals surface area (Å²) in [5.41, 5.74) is 0. The number of allylic oxidation sites excluding steroid dienone is 11. The molecule has 1 aliphatic heterocycles. The van der Waals surface area contributed by atoms with Gasteiger partial charge in [0.25, 0.3) is 0 Å². The van der Waals surface area contributed by atoms with Crippen LogP contribution in [0, 0.1) is 0 Å². The summed E-state index contributed by atoms with van der Waals surface area (Å²) in [5, 5.41) is 57.1. The molecule has 8 unspecified atom stereocenters. The van der Waals surface area contributed by atoms with Crippen LogP contribution < -0.4 is 5.32 Å². The minimum Gasteiger partial charge on any atom is -0.454 e. The number of amides is 1. The third kappa shape index (κ3) is 45.5. The molecule has 1 fully saturated rings. The molecule has 0 aliphatic carbocycles. The summed E-state index contributed by atoms with van der Waals surface area (Å²) in [5.74, 6) is -1.20. The Morgan fingerprint density at radius 2 is 0.878 bits per heavy atom. The fourth-order valence-corrected chi connectivity index (χ4v) is 10.4. The van der Waals surface area contributed by atoms with Gasteiger partial charge in [0.1, 0.15) is 24.4 Å². The Kier molecular flexibility index (Phi) is 55.0. The van der Waals surface area contributed by atoms with Crippen molar-refractivity contribution >= 4 is 11.9 Å². The first-order chi connectivity index (χ1) is 40.2. The molecular weight excluding hydrogens is 1030 g/mol. The fourth-order valence-electron chi connectivity index (χ4n) is 10.4. The van der Waals surface area contributed by atoms with Gasteiger partial charge in [0.05, 0.1) is 25.4 Å². The molecule has 1 amide bonds. The zero-order chi connectivity index (χ0) is 59.6. The molecule has 0 bridgehead atoms. The van der Waals surface area contributed by atoms with Crippen molar-refractivity contribution in [3.63, 3.8) is 0 Å². The van der Waals surface area contributed by atoms with E-state index < -0.39 is 67.4 Å². The van der Waals surface area contributed by atoms with Crippen molar-refractivity contribution in [3.8, 4) is 0 Å². The molecule has 82 heavy (non-hydrogen) atoms. The average molecular weight is 1150 g/mol. The average Bonchev–Trinajstić information content (AvgIpc) is 3.48. The van der Waals surface area contributed by atoms with E-state index in [0.717, 1.165) is 89.9 Å². The van der Waals surface area contributed by atoms with Crippen LogP contribution in [0.2, 0.25) is 0 Å². The summed E-state index contributed by atoms with van der Waals surface area (Å²) < 4.78 is 17.7. The van der Waals surface area contributed by atoms with Crippen LogP contribution in [0.15, 0.2) is 72.9 Å². The van der Waals surface area contributed by atoms with Crippen molar-refractivity contribution in [2.24, 2.45) is 0 Å². The highest BCUT2D eigenvalue weighted by atomic mass is 16.7. The van der Waals surface area contributed by atoms with Crippen LogP contribution in [0.25, 0.3) is 0 Å². The summed E-state index contributed by atoms with van der Waals surface area (Å²) >= 11 is 0. The monoisotopic (exact) mass is 1150 g/mol. The maximum atomic E-state index is 13.4. The summed E-state index contributed by atoms with van der Waals surface area (Å²) in [4.78, 5) is 26.6. The molecule has 476 valence electrons. The van der Waals surface area contributed by atoms with Gasteiger partial charge in [-0.3, -0.25) is 9.59 Å². The molecule has 1 rings (SSSR count). The number of nitrogens with one attached hydrogen (secondary N) is 1. The maximum Gasteiger partial charge on any atom is 0.306 e. The Balaban J connectivity index is 2.55. The molecule has 0 radical (unpaired) electrons. The Hall–Kier alpha value is -2.90. The number of unbranched alkanes of at least 4 members (excludes halogenated alkanes) is 35. The maximum absolute atomic E-state index is 13.4. The summed E-state index contributed by atoms with van der Waals surface area (Å²) in [7, 11) is 0. The summed E-state index contributed by atoms with van der Waals surface area (Å²) in [6.07, 6.45) is 65.1. The first kappa shape index (κ1) is 77.1. The van der Waals surface area contributed by atoms with Crippen LogP contribution in [0.5, 0.6) is 0 Å². The number of carbonyl (C=O) groups is 2. The van der Waals surface area contributed by atoms with E-state index in [1.165, 1.54) is 167 Å². The summed E-state index contributed by atoms with van der Waals surface area (Å²) in [6, 6.07) is -1.03. The number of hydrogen-bond acceptors (Lipinski definition) is 10. The molecule has 0 aromatic rings. The molecule has 0 aromatic heterocycles. The number of carbonyl (C=O) groups excluding carboxylic acids is 2. The van der Waals surface area contributed by atoms with Gasteiger partial charge in [-0.15, -0.1) is 0 Å². The number of ether oxygens (including phenoxy) is 3. The van der Waals surface area contributed by atoms with E-state index in [1.807, 2.05) is 6.08 Å². The van der Waals surface area contributed by atoms with Gasteiger partial charge < -0.3 is 45.1 Å². The smallest absolute Gasteiger partial charge is 0.306 e. The molecular formula is C71H127NO10. The quantitative estimate of drug-likeness (QED) is 0.0149. The van der Waals surface area contributed by atoms with Crippen molar-refractivity contribution in [3.05, 3.63) is 72.9 Å². The van der Waals surface area contributed by atoms with Crippen molar-refractivity contribution < 1.29 is 49.3 Å². The lowest BCUT2D eigenvalue weighted by Gasteiger charge is -2.41. The normalized spacial score (nSPS) is 19.0. The first-order valence-electron chi connectivity index (χ1n) is 34.2. The molecule has 6 N–H and O–H groups in total. The van der Waals surface area contributed by atoms with Gasteiger partial charge in [0.2, 0.25) is 5.91 Å². The van der Waals surface area contributed by atoms with E-state index in [1.54, 1.807) is 6.08 Å². The van der Waals surface area contributed by atoms with Crippen LogP contribution in [0.4, 0.5) is 0 Å². The van der Waals surface area contributed by atoms with Crippen LogP contribution in [0.3, 0.4) is 0 Å². The molecule has 0 aromatic carbocycles. The third-order valence-corrected chi connectivity index (χ3v) is 15.9. The molecule has 0 spiro atoms. The Morgan fingerprint density at radius 1 is 0.488 bits per heavy atom. The van der Waals surface area contributed by atoms with Gasteiger partial charge in [0.15, 0.2) is 12.4 Å². The Morgan fingerprint density at radius 3 is 1.35 bits per heavy atom. The summed E-state index contributed by atoms with van der Waals surface area (Å²) in [6.45, 7) is 5.74. The first-order valence-corrected chi connectivity index (χ1v) is 34.2. The van der Waals surface area contributed by atoms with E-state index in [-0.39, 0.29) is 19.4 Å². The van der Waals surface area contributed by atoms with Gasteiger partial charge in [-0.2, -0.15) is 0 Å². The SMILES string of the molecule is CCCCC/C=C\C/C=C\C/C=C\CCCCCCCCCCCCCCCCC(=O)OC1C(OCC(NC(=O)C(O)CCCCCCC/C=C/C=C/CCCCC)C(O)/C=C/CCCCCCCCCCCC)OC(CO)C(O)C1O. The van der Waals surface area contributed by atoms with Crippen LogP contribution in [-0.4, -0.2) is 99.6 Å². The second kappa shape index (κ2) is 58.5. The van der Waals surface area contributed by atoms with Crippen molar-refractivity contribution in [1.29, 1.82) is 0 Å². The molecule has 1 heterocycles. The van der Waals surface area contributed by atoms with E-state index in [4.69, 9.17) is 14.2 Å². The molecule has 1 aliphatic rings. The molecule has 1 saturated heterocycles. The number of aliphatic hydroxyl groups excluding tert-OH is 5. The number of rotatable bonds is 58. The standard InChI is InChI=1S/C71H127NO10/c1-4-7-10-13-16-19-22-25-27-28-29-30-31-32-33-34-35-36-37-38-39-41-44-47-50-53-56-59-66(76)82-69-68(78)67(77)65(60-73)81-71(69)80-61-62(63(74)57-54-51-48-45-42-24-21-18-15-12-9-6-3)72-70(79)64(75)58-55-52-49-46-43-40-26-23-20-17-14-11-8-5-2/h16-17,19-20,23,25-27,29-30,54,57,62-65,67-69,71,73-75,77-78H,4-15,18,21-22,24,28,31-53,55-56,58-61H2,1-3H3,(H,72,79)/b19-16-,20-17+,26-23+,27-25-,30-29-,57-54+. The van der Waals surface area contributed by atoms with E-state index in [2.05, 4.69) is 86.8 Å². The van der Waals surface area contributed by atoms with E-state index in [0.29, 0.717) is 12.8 Å². The van der Waals surface area contributed by atoms with Crippen LogP contribution in [-0.2, 0) is 23.8 Å². The predicted molar refractivity (Wildman–Crippen MR) is 343 cm³/mol.